The van der Waals surface area contributed by atoms with Crippen molar-refractivity contribution in [3.63, 3.8) is 0 Å². The van der Waals surface area contributed by atoms with Gasteiger partial charge >= 0.3 is 0 Å². The number of aliphatic hydroxyl groups excluding tert-OH is 1. The Morgan fingerprint density at radius 3 is 2.93 bits per heavy atom. The Hall–Kier alpha value is -0.690. The fourth-order valence-electron chi connectivity index (χ4n) is 1.02. The van der Waals surface area contributed by atoms with E-state index in [1.807, 2.05) is 22.6 Å². The molecule has 0 saturated carbocycles. The Balaban J connectivity index is 2.86. The lowest BCUT2D eigenvalue weighted by molar-refractivity contribution is 0.0918. The minimum atomic E-state index is -0.557. The fourth-order valence-corrected chi connectivity index (χ4v) is 1.51. The summed E-state index contributed by atoms with van der Waals surface area (Å²) in [6.45, 7) is 1.47. The van der Waals surface area contributed by atoms with E-state index in [9.17, 15) is 9.18 Å². The van der Waals surface area contributed by atoms with Crippen molar-refractivity contribution in [3.05, 3.63) is 33.1 Å². The maximum atomic E-state index is 13.2. The number of hydrogen-bond donors (Lipinski definition) is 2. The van der Waals surface area contributed by atoms with Crippen LogP contribution in [0.1, 0.15) is 17.3 Å². The Kier molecular flexibility index (Phi) is 4.46. The Labute approximate surface area is 101 Å². The van der Waals surface area contributed by atoms with Crippen molar-refractivity contribution in [1.29, 1.82) is 0 Å². The molecule has 1 amide bonds. The minimum Gasteiger partial charge on any atom is -0.394 e. The second-order valence-electron chi connectivity index (χ2n) is 3.18. The van der Waals surface area contributed by atoms with Crippen LogP contribution in [0.25, 0.3) is 0 Å². The molecule has 1 rings (SSSR count). The first-order valence-corrected chi connectivity index (χ1v) is 5.49. The summed E-state index contributed by atoms with van der Waals surface area (Å²) in [4.78, 5) is 11.5. The van der Waals surface area contributed by atoms with E-state index in [4.69, 9.17) is 5.11 Å². The average Bonchev–Trinajstić information content (AvgIpc) is 2.21. The molecule has 0 aromatic heterocycles. The third kappa shape index (κ3) is 3.42. The van der Waals surface area contributed by atoms with Gasteiger partial charge in [-0.3, -0.25) is 4.79 Å². The zero-order chi connectivity index (χ0) is 11.4. The summed E-state index contributed by atoms with van der Waals surface area (Å²) < 4.78 is 14.0. The van der Waals surface area contributed by atoms with Gasteiger partial charge in [0, 0.05) is 9.61 Å². The lowest BCUT2D eigenvalue weighted by Crippen LogP contribution is -2.35. The zero-order valence-corrected chi connectivity index (χ0v) is 10.3. The highest BCUT2D eigenvalue weighted by Gasteiger charge is 2.13. The molecule has 2 N–H and O–H groups in total. The molecule has 0 spiro atoms. The quantitative estimate of drug-likeness (QED) is 0.829. The van der Waals surface area contributed by atoms with Crippen LogP contribution in [0.3, 0.4) is 0 Å². The van der Waals surface area contributed by atoms with E-state index in [1.165, 1.54) is 12.1 Å². The van der Waals surface area contributed by atoms with Crippen LogP contribution in [0, 0.1) is 9.39 Å². The van der Waals surface area contributed by atoms with Gasteiger partial charge in [-0.15, -0.1) is 0 Å². The van der Waals surface area contributed by atoms with Crippen molar-refractivity contribution in [2.24, 2.45) is 0 Å². The highest BCUT2D eigenvalue weighted by atomic mass is 127. The van der Waals surface area contributed by atoms with Gasteiger partial charge in [0.2, 0.25) is 0 Å². The number of benzene rings is 1. The first kappa shape index (κ1) is 12.4. The van der Waals surface area contributed by atoms with Crippen LogP contribution in [0.5, 0.6) is 0 Å². The summed E-state index contributed by atoms with van der Waals surface area (Å²) in [5, 5.41) is 11.2. The summed E-state index contributed by atoms with van der Waals surface area (Å²) in [6, 6.07) is 3.92. The van der Waals surface area contributed by atoms with Crippen molar-refractivity contribution in [3.8, 4) is 0 Å². The predicted octanol–water partition coefficient (Wildman–Crippen LogP) is 1.54. The number of halogens is 2. The van der Waals surface area contributed by atoms with Crippen molar-refractivity contribution in [1.82, 2.24) is 5.32 Å². The molecule has 1 aromatic carbocycles. The fraction of sp³-hybridized carbons (Fsp3) is 0.300. The van der Waals surface area contributed by atoms with Crippen LogP contribution in [-0.2, 0) is 0 Å². The van der Waals surface area contributed by atoms with Crippen LogP contribution in [0.15, 0.2) is 18.2 Å². The van der Waals surface area contributed by atoms with E-state index in [0.29, 0.717) is 0 Å². The van der Waals surface area contributed by atoms with Gasteiger partial charge in [-0.25, -0.2) is 4.39 Å². The standard InChI is InChI=1S/C10H11FINO2/c1-6(5-14)13-10(15)8-4-7(12)2-3-9(8)11/h2-4,6,14H,5H2,1H3,(H,13,15)/t6-/m0/s1. The molecule has 5 heteroatoms. The Bertz CT molecular complexity index is 370. The second kappa shape index (κ2) is 5.41. The van der Waals surface area contributed by atoms with Crippen molar-refractivity contribution >= 4 is 28.5 Å². The predicted molar refractivity (Wildman–Crippen MR) is 63.1 cm³/mol. The van der Waals surface area contributed by atoms with Crippen LogP contribution >= 0.6 is 22.6 Å². The van der Waals surface area contributed by atoms with Gasteiger partial charge in [-0.1, -0.05) is 0 Å². The molecule has 1 aromatic rings. The molecular formula is C10H11FINO2. The molecule has 0 aliphatic rings. The number of amides is 1. The topological polar surface area (TPSA) is 49.3 Å². The molecule has 0 heterocycles. The van der Waals surface area contributed by atoms with E-state index in [1.54, 1.807) is 13.0 Å². The van der Waals surface area contributed by atoms with Crippen LogP contribution < -0.4 is 5.32 Å². The first-order valence-electron chi connectivity index (χ1n) is 4.41. The van der Waals surface area contributed by atoms with Gasteiger partial charge in [-0.05, 0) is 47.7 Å². The van der Waals surface area contributed by atoms with Gasteiger partial charge in [0.1, 0.15) is 5.82 Å². The van der Waals surface area contributed by atoms with Gasteiger partial charge in [-0.2, -0.15) is 0 Å². The van der Waals surface area contributed by atoms with Gasteiger partial charge in [0.25, 0.3) is 5.91 Å². The molecule has 0 aliphatic carbocycles. The molecule has 0 fully saturated rings. The maximum Gasteiger partial charge on any atom is 0.254 e. The highest BCUT2D eigenvalue weighted by molar-refractivity contribution is 14.1. The Morgan fingerprint density at radius 1 is 1.67 bits per heavy atom. The van der Waals surface area contributed by atoms with Crippen LogP contribution in [0.2, 0.25) is 0 Å². The summed E-state index contributed by atoms with van der Waals surface area (Å²) in [5.41, 5.74) is 0.00204. The third-order valence-corrected chi connectivity index (χ3v) is 2.50. The van der Waals surface area contributed by atoms with Gasteiger partial charge in [0.15, 0.2) is 0 Å². The molecule has 0 radical (unpaired) electrons. The minimum absolute atomic E-state index is 0.00204. The summed E-state index contributed by atoms with van der Waals surface area (Å²) in [7, 11) is 0. The Morgan fingerprint density at radius 2 is 2.33 bits per heavy atom. The summed E-state index contributed by atoms with van der Waals surface area (Å²) in [5.74, 6) is -1.06. The zero-order valence-electron chi connectivity index (χ0n) is 8.13. The molecule has 0 bridgehead atoms. The molecule has 1 atom stereocenters. The number of rotatable bonds is 3. The molecule has 82 valence electrons. The summed E-state index contributed by atoms with van der Waals surface area (Å²) in [6.07, 6.45) is 0. The number of carbonyl (C=O) groups excluding carboxylic acids is 1. The normalized spacial score (nSPS) is 12.3. The van der Waals surface area contributed by atoms with Crippen LogP contribution in [0.4, 0.5) is 4.39 Å². The lowest BCUT2D eigenvalue weighted by atomic mass is 10.2. The number of carbonyl (C=O) groups is 1. The molecule has 0 unspecified atom stereocenters. The van der Waals surface area contributed by atoms with E-state index in [2.05, 4.69) is 5.32 Å². The second-order valence-corrected chi connectivity index (χ2v) is 4.43. The monoisotopic (exact) mass is 323 g/mol. The van der Waals surface area contributed by atoms with E-state index < -0.39 is 11.7 Å². The third-order valence-electron chi connectivity index (χ3n) is 1.82. The smallest absolute Gasteiger partial charge is 0.254 e. The van der Waals surface area contributed by atoms with Crippen molar-refractivity contribution in [2.45, 2.75) is 13.0 Å². The van der Waals surface area contributed by atoms with Crippen molar-refractivity contribution < 1.29 is 14.3 Å². The highest BCUT2D eigenvalue weighted by Crippen LogP contribution is 2.12. The molecule has 3 nitrogen and oxygen atoms in total. The molecule has 0 aliphatic heterocycles. The lowest BCUT2D eigenvalue weighted by Gasteiger charge is -2.11. The van der Waals surface area contributed by atoms with Crippen molar-refractivity contribution in [2.75, 3.05) is 6.61 Å². The van der Waals surface area contributed by atoms with E-state index in [-0.39, 0.29) is 18.2 Å². The molecular weight excluding hydrogens is 312 g/mol. The van der Waals surface area contributed by atoms with Gasteiger partial charge < -0.3 is 10.4 Å². The molecule has 15 heavy (non-hydrogen) atoms. The van der Waals surface area contributed by atoms with Crippen LogP contribution in [-0.4, -0.2) is 23.7 Å². The van der Waals surface area contributed by atoms with E-state index in [0.717, 1.165) is 3.57 Å². The number of aliphatic hydroxyl groups is 1. The number of hydrogen-bond acceptors (Lipinski definition) is 2. The summed E-state index contributed by atoms with van der Waals surface area (Å²) >= 11 is 2.00. The van der Waals surface area contributed by atoms with Gasteiger partial charge in [0.05, 0.1) is 12.2 Å². The van der Waals surface area contributed by atoms with E-state index >= 15 is 0 Å². The average molecular weight is 323 g/mol. The first-order chi connectivity index (χ1) is 7.04. The maximum absolute atomic E-state index is 13.2. The molecule has 0 saturated heterocycles. The largest absolute Gasteiger partial charge is 0.394 e. The SMILES string of the molecule is C[C@@H](CO)NC(=O)c1cc(I)ccc1F. The number of nitrogens with one attached hydrogen (secondary N) is 1.